The maximum atomic E-state index is 11.9. The van der Waals surface area contributed by atoms with Gasteiger partial charge in [0.05, 0.1) is 6.10 Å². The van der Waals surface area contributed by atoms with E-state index in [0.717, 1.165) is 10.0 Å². The van der Waals surface area contributed by atoms with Crippen LogP contribution < -0.4 is 0 Å². The molecular formula is C13H18BrNO3S. The molecule has 19 heavy (non-hydrogen) atoms. The van der Waals surface area contributed by atoms with Gasteiger partial charge in [0.15, 0.2) is 0 Å². The van der Waals surface area contributed by atoms with E-state index >= 15 is 0 Å². The summed E-state index contributed by atoms with van der Waals surface area (Å²) in [4.78, 5) is 0. The van der Waals surface area contributed by atoms with Crippen LogP contribution in [0.25, 0.3) is 6.08 Å². The number of hydrogen-bond donors (Lipinski definition) is 1. The monoisotopic (exact) mass is 347 g/mol. The Kier molecular flexibility index (Phi) is 6.19. The number of sulfonamides is 1. The molecule has 1 N–H and O–H groups in total. The van der Waals surface area contributed by atoms with Crippen LogP contribution in [-0.2, 0) is 10.0 Å². The van der Waals surface area contributed by atoms with Gasteiger partial charge in [0.1, 0.15) is 0 Å². The van der Waals surface area contributed by atoms with Gasteiger partial charge in [-0.3, -0.25) is 0 Å². The largest absolute Gasteiger partial charge is 0.393 e. The third-order valence-corrected chi connectivity index (χ3v) is 4.66. The van der Waals surface area contributed by atoms with Crippen molar-refractivity contribution in [2.45, 2.75) is 19.4 Å². The van der Waals surface area contributed by atoms with E-state index in [-0.39, 0.29) is 0 Å². The van der Waals surface area contributed by atoms with Crippen molar-refractivity contribution in [3.05, 3.63) is 39.7 Å². The molecule has 0 aromatic heterocycles. The molecule has 4 nitrogen and oxygen atoms in total. The topological polar surface area (TPSA) is 57.6 Å². The smallest absolute Gasteiger partial charge is 0.235 e. The van der Waals surface area contributed by atoms with Gasteiger partial charge < -0.3 is 5.11 Å². The molecule has 0 aliphatic rings. The minimum atomic E-state index is -3.43. The number of nitrogens with zero attached hydrogens (tertiary/aromatic N) is 1. The highest BCUT2D eigenvalue weighted by molar-refractivity contribution is 9.10. The quantitative estimate of drug-likeness (QED) is 0.859. The summed E-state index contributed by atoms with van der Waals surface area (Å²) in [6.45, 7) is 1.93. The van der Waals surface area contributed by atoms with Crippen LogP contribution in [0.1, 0.15) is 18.9 Å². The molecule has 0 saturated carbocycles. The molecule has 1 aromatic carbocycles. The minimum absolute atomic E-state index is 0.296. The summed E-state index contributed by atoms with van der Waals surface area (Å²) < 4.78 is 26.0. The molecule has 0 aliphatic carbocycles. The van der Waals surface area contributed by atoms with Gasteiger partial charge in [0.25, 0.3) is 0 Å². The predicted octanol–water partition coefficient (Wildman–Crippen LogP) is 2.45. The summed E-state index contributed by atoms with van der Waals surface area (Å²) in [5.41, 5.74) is 0.815. The Balaban J connectivity index is 2.70. The summed E-state index contributed by atoms with van der Waals surface area (Å²) in [7, 11) is -1.93. The molecule has 1 aromatic rings. The van der Waals surface area contributed by atoms with Crippen LogP contribution in [0.4, 0.5) is 0 Å². The normalized spacial score (nSPS) is 14.2. The Morgan fingerprint density at radius 3 is 2.47 bits per heavy atom. The fourth-order valence-corrected chi connectivity index (χ4v) is 2.50. The summed E-state index contributed by atoms with van der Waals surface area (Å²) in [6.07, 6.45) is 1.47. The Morgan fingerprint density at radius 1 is 1.37 bits per heavy atom. The average Bonchev–Trinajstić information content (AvgIpc) is 2.35. The fraction of sp³-hybridized carbons (Fsp3) is 0.385. The van der Waals surface area contributed by atoms with E-state index in [1.54, 1.807) is 13.0 Å². The van der Waals surface area contributed by atoms with E-state index in [1.807, 2.05) is 24.3 Å². The van der Waals surface area contributed by atoms with Crippen molar-refractivity contribution >= 4 is 32.0 Å². The molecule has 0 bridgehead atoms. The average molecular weight is 348 g/mol. The zero-order chi connectivity index (χ0) is 14.5. The molecule has 0 saturated heterocycles. The van der Waals surface area contributed by atoms with Crippen molar-refractivity contribution < 1.29 is 13.5 Å². The molecule has 6 heteroatoms. The molecule has 0 amide bonds. The van der Waals surface area contributed by atoms with E-state index < -0.39 is 16.1 Å². The van der Waals surface area contributed by atoms with Gasteiger partial charge in [-0.1, -0.05) is 28.1 Å². The van der Waals surface area contributed by atoms with Crippen LogP contribution in [0.3, 0.4) is 0 Å². The van der Waals surface area contributed by atoms with Crippen LogP contribution in [0, 0.1) is 0 Å². The van der Waals surface area contributed by atoms with Crippen LogP contribution >= 0.6 is 15.9 Å². The Bertz CT molecular complexity index is 523. The highest BCUT2D eigenvalue weighted by atomic mass is 79.9. The lowest BCUT2D eigenvalue weighted by Crippen LogP contribution is -2.27. The molecule has 106 valence electrons. The second-order valence-electron chi connectivity index (χ2n) is 4.36. The van der Waals surface area contributed by atoms with E-state index in [9.17, 15) is 8.42 Å². The maximum Gasteiger partial charge on any atom is 0.235 e. The van der Waals surface area contributed by atoms with E-state index in [4.69, 9.17) is 5.11 Å². The van der Waals surface area contributed by atoms with Crippen LogP contribution in [0.2, 0.25) is 0 Å². The van der Waals surface area contributed by atoms with Gasteiger partial charge in [-0.25, -0.2) is 12.7 Å². The SMILES string of the molecule is CC(O)CCN(C)S(=O)(=O)/C=C/c1ccc(Br)cc1. The number of aliphatic hydroxyl groups is 1. The van der Waals surface area contributed by atoms with Crippen molar-refractivity contribution in [3.63, 3.8) is 0 Å². The fourth-order valence-electron chi connectivity index (χ4n) is 1.34. The summed E-state index contributed by atoms with van der Waals surface area (Å²) in [5.74, 6) is 0. The Morgan fingerprint density at radius 2 is 1.95 bits per heavy atom. The lowest BCUT2D eigenvalue weighted by Gasteiger charge is -2.15. The number of aliphatic hydroxyl groups excluding tert-OH is 1. The molecule has 0 heterocycles. The Labute approximate surface area is 122 Å². The second-order valence-corrected chi connectivity index (χ2v) is 7.20. The van der Waals surface area contributed by atoms with Crippen LogP contribution in [-0.4, -0.2) is 37.5 Å². The minimum Gasteiger partial charge on any atom is -0.393 e. The molecule has 0 aliphatic heterocycles. The number of benzene rings is 1. The van der Waals surface area contributed by atoms with E-state index in [1.165, 1.54) is 16.8 Å². The number of rotatable bonds is 6. The van der Waals surface area contributed by atoms with Crippen molar-refractivity contribution in [1.82, 2.24) is 4.31 Å². The van der Waals surface area contributed by atoms with Gasteiger partial charge in [0, 0.05) is 23.5 Å². The van der Waals surface area contributed by atoms with Gasteiger partial charge >= 0.3 is 0 Å². The lowest BCUT2D eigenvalue weighted by atomic mass is 10.2. The van der Waals surface area contributed by atoms with Crippen molar-refractivity contribution in [1.29, 1.82) is 0 Å². The van der Waals surface area contributed by atoms with Gasteiger partial charge in [-0.15, -0.1) is 0 Å². The zero-order valence-corrected chi connectivity index (χ0v) is 13.4. The second kappa shape index (κ2) is 7.19. The van der Waals surface area contributed by atoms with Crippen molar-refractivity contribution in [2.24, 2.45) is 0 Å². The predicted molar refractivity (Wildman–Crippen MR) is 81.0 cm³/mol. The summed E-state index contributed by atoms with van der Waals surface area (Å²) >= 11 is 3.32. The van der Waals surface area contributed by atoms with Crippen molar-refractivity contribution in [3.8, 4) is 0 Å². The first-order valence-electron chi connectivity index (χ1n) is 5.89. The third kappa shape index (κ3) is 5.86. The number of hydrogen-bond acceptors (Lipinski definition) is 3. The van der Waals surface area contributed by atoms with Crippen LogP contribution in [0.15, 0.2) is 34.1 Å². The molecule has 0 spiro atoms. The molecule has 0 fully saturated rings. The highest BCUT2D eigenvalue weighted by Crippen LogP contribution is 2.13. The molecule has 1 atom stereocenters. The zero-order valence-electron chi connectivity index (χ0n) is 11.0. The first kappa shape index (κ1) is 16.4. The van der Waals surface area contributed by atoms with Gasteiger partial charge in [-0.2, -0.15) is 0 Å². The first-order chi connectivity index (χ1) is 8.81. The molecule has 1 rings (SSSR count). The summed E-state index contributed by atoms with van der Waals surface area (Å²) in [6, 6.07) is 7.35. The van der Waals surface area contributed by atoms with E-state index in [0.29, 0.717) is 13.0 Å². The molecular weight excluding hydrogens is 330 g/mol. The molecule has 1 unspecified atom stereocenters. The van der Waals surface area contributed by atoms with Gasteiger partial charge in [0.2, 0.25) is 10.0 Å². The standard InChI is InChI=1S/C13H18BrNO3S/c1-11(16)7-9-15(2)19(17,18)10-8-12-3-5-13(14)6-4-12/h3-6,8,10-11,16H,7,9H2,1-2H3/b10-8+. The van der Waals surface area contributed by atoms with Crippen LogP contribution in [0.5, 0.6) is 0 Å². The Hall–Kier alpha value is -0.690. The first-order valence-corrected chi connectivity index (χ1v) is 8.19. The van der Waals surface area contributed by atoms with Gasteiger partial charge in [-0.05, 0) is 37.1 Å². The van der Waals surface area contributed by atoms with E-state index in [2.05, 4.69) is 15.9 Å². The third-order valence-electron chi connectivity index (χ3n) is 2.60. The lowest BCUT2D eigenvalue weighted by molar-refractivity contribution is 0.177. The highest BCUT2D eigenvalue weighted by Gasteiger charge is 2.14. The van der Waals surface area contributed by atoms with Crippen molar-refractivity contribution in [2.75, 3.05) is 13.6 Å². The summed E-state index contributed by atoms with van der Waals surface area (Å²) in [5, 5.41) is 10.3. The maximum absolute atomic E-state index is 11.9. The number of halogens is 1. The molecule has 0 radical (unpaired) electrons.